The number of amides is 4. The minimum absolute atomic E-state index is 0.00834. The second-order valence-electron chi connectivity index (χ2n) is 12.3. The van der Waals surface area contributed by atoms with E-state index in [9.17, 15) is 29.4 Å². The third-order valence-electron chi connectivity index (χ3n) is 9.32. The molecule has 11 heteroatoms. The van der Waals surface area contributed by atoms with E-state index in [4.69, 9.17) is 10.5 Å². The lowest BCUT2D eigenvalue weighted by Crippen LogP contribution is -2.65. The molecule has 2 aliphatic heterocycles. The zero-order valence-corrected chi connectivity index (χ0v) is 24.4. The topological polar surface area (TPSA) is 171 Å². The van der Waals surface area contributed by atoms with E-state index in [-0.39, 0.29) is 50.8 Å². The maximum Gasteiger partial charge on any atom is 0.251 e. The zero-order valence-electron chi connectivity index (χ0n) is 24.4. The number of primary amides is 1. The van der Waals surface area contributed by atoms with E-state index >= 15 is 0 Å². The fraction of sp³-hybridized carbons (Fsp3) is 0.562. The van der Waals surface area contributed by atoms with E-state index in [1.165, 1.54) is 4.90 Å². The molecule has 0 radical (unpaired) electrons. The number of hydrogen-bond acceptors (Lipinski definition) is 7. The first-order chi connectivity index (χ1) is 20.7. The van der Waals surface area contributed by atoms with Crippen molar-refractivity contribution in [2.24, 2.45) is 11.7 Å². The molecule has 0 aromatic heterocycles. The molecule has 2 saturated heterocycles. The van der Waals surface area contributed by atoms with Crippen LogP contribution in [0.1, 0.15) is 68.1 Å². The number of aliphatic hydroxyl groups is 2. The Labute approximate surface area is 251 Å². The zero-order chi connectivity index (χ0) is 30.6. The van der Waals surface area contributed by atoms with Crippen LogP contribution in [0.5, 0.6) is 0 Å². The number of nitrogens with one attached hydrogen (secondary N) is 2. The molecule has 1 unspecified atom stereocenters. The number of hydrogen-bond donors (Lipinski definition) is 5. The Bertz CT molecular complexity index is 1340. The highest BCUT2D eigenvalue weighted by molar-refractivity contribution is 6.01. The molecule has 3 aliphatic rings. The molecule has 2 heterocycles. The van der Waals surface area contributed by atoms with Crippen LogP contribution in [0.2, 0.25) is 0 Å². The Morgan fingerprint density at radius 2 is 1.72 bits per heavy atom. The Morgan fingerprint density at radius 3 is 2.42 bits per heavy atom. The number of ether oxygens (including phenoxy) is 1. The Kier molecular flexibility index (Phi) is 9.63. The largest absolute Gasteiger partial charge is 0.391 e. The molecular formula is C32H42N4O7. The van der Waals surface area contributed by atoms with Crippen molar-refractivity contribution in [2.75, 3.05) is 19.8 Å². The number of nitrogens with two attached hydrogens (primary N) is 1. The highest BCUT2D eigenvalue weighted by Gasteiger charge is 2.48. The molecular weight excluding hydrogens is 552 g/mol. The first-order valence-corrected chi connectivity index (χ1v) is 15.3. The van der Waals surface area contributed by atoms with Crippen LogP contribution >= 0.6 is 0 Å². The van der Waals surface area contributed by atoms with Crippen molar-refractivity contribution in [2.45, 2.75) is 87.6 Å². The number of fused-ring (bicyclic) bond motifs is 1. The van der Waals surface area contributed by atoms with Gasteiger partial charge in [0.1, 0.15) is 12.1 Å². The second kappa shape index (κ2) is 13.4. The number of β-amino-alcohol motifs (C(OH)–C–C–N with tert-alkyl or cyclic N) is 1. The molecule has 3 fully saturated rings. The predicted octanol–water partition coefficient (Wildman–Crippen LogP) is 1.38. The van der Waals surface area contributed by atoms with Gasteiger partial charge in [-0.1, -0.05) is 62.4 Å². The highest BCUT2D eigenvalue weighted by Crippen LogP contribution is 2.30. The summed E-state index contributed by atoms with van der Waals surface area (Å²) >= 11 is 0. The van der Waals surface area contributed by atoms with Crippen LogP contribution in [0.25, 0.3) is 10.8 Å². The fourth-order valence-electron chi connectivity index (χ4n) is 6.86. The van der Waals surface area contributed by atoms with Crippen molar-refractivity contribution in [3.05, 3.63) is 48.0 Å². The molecule has 4 amide bonds. The van der Waals surface area contributed by atoms with E-state index in [1.54, 1.807) is 12.1 Å². The third kappa shape index (κ3) is 7.00. The molecule has 11 nitrogen and oxygen atoms in total. The fourth-order valence-corrected chi connectivity index (χ4v) is 6.86. The van der Waals surface area contributed by atoms with Crippen LogP contribution in [-0.2, 0) is 19.1 Å². The van der Waals surface area contributed by atoms with Crippen molar-refractivity contribution in [3.8, 4) is 0 Å². The van der Waals surface area contributed by atoms with Crippen molar-refractivity contribution in [3.63, 3.8) is 0 Å². The van der Waals surface area contributed by atoms with Gasteiger partial charge in [0.15, 0.2) is 6.10 Å². The molecule has 232 valence electrons. The monoisotopic (exact) mass is 594 g/mol. The summed E-state index contributed by atoms with van der Waals surface area (Å²) < 4.78 is 5.38. The van der Waals surface area contributed by atoms with Crippen LogP contribution in [0.3, 0.4) is 0 Å². The molecule has 2 aromatic carbocycles. The van der Waals surface area contributed by atoms with Gasteiger partial charge in [-0.25, -0.2) is 0 Å². The van der Waals surface area contributed by atoms with Gasteiger partial charge in [0.25, 0.3) is 5.91 Å². The van der Waals surface area contributed by atoms with Crippen LogP contribution in [-0.4, -0.2) is 88.3 Å². The summed E-state index contributed by atoms with van der Waals surface area (Å²) in [5.41, 5.74) is 4.50. The molecule has 1 aliphatic carbocycles. The van der Waals surface area contributed by atoms with E-state index in [0.29, 0.717) is 12.0 Å². The summed E-state index contributed by atoms with van der Waals surface area (Å²) in [5.74, 6) is -2.13. The predicted molar refractivity (Wildman–Crippen MR) is 159 cm³/mol. The van der Waals surface area contributed by atoms with E-state index < -0.39 is 47.6 Å². The number of carbonyl (C=O) groups is 4. The number of benzene rings is 2. The van der Waals surface area contributed by atoms with Crippen molar-refractivity contribution in [1.82, 2.24) is 15.5 Å². The lowest BCUT2D eigenvalue weighted by atomic mass is 9.83. The standard InChI is InChI=1S/C32H42N4O7/c33-28(39)27(38)32(12-14-43-15-13-32)35-30(41)26-18-24(37)19-36(26)31(42)25(16-20-6-2-1-3-7-20)34-29(40)23-11-10-21-8-4-5-9-22(21)17-23/h4-5,8-11,17,20,24-27,37-38H,1-3,6-7,12-16,18-19H2,(H2,33,39)(H,34,40)(H,35,41)/t24-,25-,26+,27?/m1/s1. The Balaban J connectivity index is 1.37. The quantitative estimate of drug-likeness (QED) is 0.292. The van der Waals surface area contributed by atoms with Gasteiger partial charge in [-0.15, -0.1) is 0 Å². The summed E-state index contributed by atoms with van der Waals surface area (Å²) in [5, 5.41) is 28.9. The van der Waals surface area contributed by atoms with Crippen molar-refractivity contribution in [1.29, 1.82) is 0 Å². The molecule has 0 bridgehead atoms. The SMILES string of the molecule is NC(=O)C(O)C1(NC(=O)[C@@H]2C[C@@H](O)CN2C(=O)[C@@H](CC2CCCCC2)NC(=O)c2ccc3ccccc3c2)CCOCC1. The van der Waals surface area contributed by atoms with Crippen molar-refractivity contribution < 1.29 is 34.1 Å². The van der Waals surface area contributed by atoms with Gasteiger partial charge >= 0.3 is 0 Å². The van der Waals surface area contributed by atoms with Crippen molar-refractivity contribution >= 4 is 34.4 Å². The summed E-state index contributed by atoms with van der Waals surface area (Å²) in [6, 6.07) is 11.2. The highest BCUT2D eigenvalue weighted by atomic mass is 16.5. The van der Waals surface area contributed by atoms with Crippen LogP contribution in [0.15, 0.2) is 42.5 Å². The first kappa shape index (κ1) is 30.9. The molecule has 6 N–H and O–H groups in total. The maximum atomic E-state index is 14.1. The Morgan fingerprint density at radius 1 is 1.02 bits per heavy atom. The molecule has 1 saturated carbocycles. The number of aliphatic hydroxyl groups excluding tert-OH is 2. The van der Waals surface area contributed by atoms with Gasteiger partial charge in [-0.2, -0.15) is 0 Å². The maximum absolute atomic E-state index is 14.1. The normalized spacial score (nSPS) is 23.8. The number of rotatable bonds is 9. The van der Waals surface area contributed by atoms with Crippen LogP contribution in [0.4, 0.5) is 0 Å². The average molecular weight is 595 g/mol. The average Bonchev–Trinajstić information content (AvgIpc) is 3.42. The summed E-state index contributed by atoms with van der Waals surface area (Å²) in [6.07, 6.45) is 3.34. The van der Waals surface area contributed by atoms with Gasteiger partial charge in [-0.05, 0) is 48.1 Å². The Hall–Kier alpha value is -3.54. The number of nitrogens with zero attached hydrogens (tertiary/aromatic N) is 1. The molecule has 2 aromatic rings. The van der Waals surface area contributed by atoms with Gasteiger partial charge in [0, 0.05) is 31.7 Å². The summed E-state index contributed by atoms with van der Waals surface area (Å²) in [6.45, 7) is 0.355. The van der Waals surface area contributed by atoms with E-state index in [1.807, 2.05) is 30.3 Å². The second-order valence-corrected chi connectivity index (χ2v) is 12.3. The minimum Gasteiger partial charge on any atom is -0.391 e. The van der Waals surface area contributed by atoms with E-state index in [0.717, 1.165) is 42.9 Å². The lowest BCUT2D eigenvalue weighted by molar-refractivity contribution is -0.145. The third-order valence-corrected chi connectivity index (χ3v) is 9.32. The molecule has 0 spiro atoms. The molecule has 4 atom stereocenters. The lowest BCUT2D eigenvalue weighted by Gasteiger charge is -2.41. The van der Waals surface area contributed by atoms with Gasteiger partial charge < -0.3 is 36.2 Å². The number of carbonyl (C=O) groups excluding carboxylic acids is 4. The first-order valence-electron chi connectivity index (χ1n) is 15.3. The van der Waals surface area contributed by atoms with Crippen LogP contribution in [0, 0.1) is 5.92 Å². The van der Waals surface area contributed by atoms with Gasteiger partial charge in [0.2, 0.25) is 17.7 Å². The smallest absolute Gasteiger partial charge is 0.251 e. The molecule has 5 rings (SSSR count). The minimum atomic E-state index is -1.64. The summed E-state index contributed by atoms with van der Waals surface area (Å²) in [4.78, 5) is 54.6. The van der Waals surface area contributed by atoms with Crippen LogP contribution < -0.4 is 16.4 Å². The summed E-state index contributed by atoms with van der Waals surface area (Å²) in [7, 11) is 0. The van der Waals surface area contributed by atoms with Gasteiger partial charge in [0.05, 0.1) is 11.6 Å². The molecule has 43 heavy (non-hydrogen) atoms. The number of likely N-dealkylation sites (tertiary alicyclic amines) is 1. The van der Waals surface area contributed by atoms with E-state index in [2.05, 4.69) is 10.6 Å². The van der Waals surface area contributed by atoms with Gasteiger partial charge in [-0.3, -0.25) is 19.2 Å².